The van der Waals surface area contributed by atoms with Gasteiger partial charge in [-0.05, 0) is 124 Å². The number of hydrogen-bond donors (Lipinski definition) is 0. The molecule has 0 aliphatic rings. The minimum absolute atomic E-state index is 0.00569. The molecule has 1 nitrogen and oxygen atoms in total. The lowest BCUT2D eigenvalue weighted by molar-refractivity contribution is 0.567. The maximum Gasteiger partial charge on any atom is 0.0547 e. The van der Waals surface area contributed by atoms with E-state index in [1.165, 1.54) is 88.7 Å². The quantitative estimate of drug-likeness (QED) is 0.168. The van der Waals surface area contributed by atoms with E-state index < -0.39 is 0 Å². The molecule has 0 amide bonds. The van der Waals surface area contributed by atoms with E-state index in [-0.39, 0.29) is 32.5 Å². The van der Waals surface area contributed by atoms with Crippen molar-refractivity contribution in [1.82, 2.24) is 4.57 Å². The Kier molecular flexibility index (Phi) is 10.7. The van der Waals surface area contributed by atoms with E-state index in [9.17, 15) is 0 Å². The fourth-order valence-corrected chi connectivity index (χ4v) is 8.83. The van der Waals surface area contributed by atoms with E-state index in [1.54, 1.807) is 0 Å². The highest BCUT2D eigenvalue weighted by molar-refractivity contribution is 6.18. The average molecular weight is 774 g/mol. The van der Waals surface area contributed by atoms with Gasteiger partial charge in [-0.15, -0.1) is 0 Å². The van der Waals surface area contributed by atoms with Crippen molar-refractivity contribution >= 4 is 21.8 Å². The van der Waals surface area contributed by atoms with Gasteiger partial charge in [0, 0.05) is 16.5 Å². The van der Waals surface area contributed by atoms with E-state index in [0.29, 0.717) is 5.92 Å². The van der Waals surface area contributed by atoms with Gasteiger partial charge in [-0.1, -0.05) is 199 Å². The molecule has 0 bridgehead atoms. The molecule has 0 atom stereocenters. The van der Waals surface area contributed by atoms with Crippen molar-refractivity contribution in [3.8, 4) is 27.9 Å². The van der Waals surface area contributed by atoms with Gasteiger partial charge >= 0.3 is 0 Å². The summed E-state index contributed by atoms with van der Waals surface area (Å²) < 4.78 is 2.60. The van der Waals surface area contributed by atoms with Crippen molar-refractivity contribution in [2.45, 2.75) is 177 Å². The summed E-state index contributed by atoms with van der Waals surface area (Å²) in [5.41, 5.74) is 18.6. The van der Waals surface area contributed by atoms with Gasteiger partial charge in [-0.3, -0.25) is 0 Å². The van der Waals surface area contributed by atoms with Gasteiger partial charge in [0.1, 0.15) is 0 Å². The first-order valence-electron chi connectivity index (χ1n) is 22.0. The van der Waals surface area contributed by atoms with E-state index in [2.05, 4.69) is 228 Å². The molecule has 0 fully saturated rings. The zero-order valence-corrected chi connectivity index (χ0v) is 40.1. The van der Waals surface area contributed by atoms with Crippen molar-refractivity contribution in [1.29, 1.82) is 0 Å². The summed E-state index contributed by atoms with van der Waals surface area (Å²) in [5.74, 6) is 0.420. The van der Waals surface area contributed by atoms with Crippen molar-refractivity contribution in [3.05, 3.63) is 124 Å². The summed E-state index contributed by atoms with van der Waals surface area (Å²) in [4.78, 5) is 0. The Morgan fingerprint density at radius 2 is 0.879 bits per heavy atom. The SMILES string of the molecule is CC(C)c1cc(-c2ccc3c(c2C(C)(C)C)c2c(-c4cc(C(C)(C)C)cc(C(C)(C)C)c4)cccc2n3-c2cc(C(C)(C)C)cc(C(C)(C)C)c2)ccc1C(C)(C)C. The molecule has 0 radical (unpaired) electrons. The van der Waals surface area contributed by atoms with Gasteiger partial charge in [-0.2, -0.15) is 0 Å². The van der Waals surface area contributed by atoms with Crippen LogP contribution in [0.25, 0.3) is 49.7 Å². The summed E-state index contributed by atoms with van der Waals surface area (Å²) in [6, 6.07) is 34.0. The predicted molar refractivity (Wildman–Crippen MR) is 258 cm³/mol. The number of benzene rings is 5. The lowest BCUT2D eigenvalue weighted by Crippen LogP contribution is -2.17. The van der Waals surface area contributed by atoms with Crippen LogP contribution in [0.3, 0.4) is 0 Å². The van der Waals surface area contributed by atoms with Gasteiger partial charge in [0.05, 0.1) is 11.0 Å². The predicted octanol–water partition coefficient (Wildman–Crippen LogP) is 17.0. The highest BCUT2D eigenvalue weighted by Gasteiger charge is 2.31. The molecule has 0 aliphatic carbocycles. The second-order valence-electron chi connectivity index (χ2n) is 23.9. The minimum Gasteiger partial charge on any atom is -0.309 e. The van der Waals surface area contributed by atoms with Crippen LogP contribution in [0.15, 0.2) is 84.9 Å². The van der Waals surface area contributed by atoms with Gasteiger partial charge in [0.25, 0.3) is 0 Å². The van der Waals surface area contributed by atoms with Gasteiger partial charge in [0.2, 0.25) is 0 Å². The molecule has 0 saturated carbocycles. The van der Waals surface area contributed by atoms with Crippen LogP contribution in [0.4, 0.5) is 0 Å². The molecule has 0 unspecified atom stereocenters. The summed E-state index contributed by atoms with van der Waals surface area (Å²) in [6.45, 7) is 47.1. The summed E-state index contributed by atoms with van der Waals surface area (Å²) >= 11 is 0. The van der Waals surface area contributed by atoms with Crippen LogP contribution in [0.1, 0.15) is 183 Å². The van der Waals surface area contributed by atoms with E-state index in [0.717, 1.165) is 0 Å². The first kappa shape index (κ1) is 43.5. The summed E-state index contributed by atoms with van der Waals surface area (Å²) in [6.07, 6.45) is 0. The number of nitrogens with zero attached hydrogens (tertiary/aromatic N) is 1. The van der Waals surface area contributed by atoms with Crippen LogP contribution >= 0.6 is 0 Å². The molecule has 6 aromatic rings. The maximum atomic E-state index is 2.60. The van der Waals surface area contributed by atoms with Crippen LogP contribution in [0.2, 0.25) is 0 Å². The van der Waals surface area contributed by atoms with Gasteiger partial charge in [0.15, 0.2) is 0 Å². The Morgan fingerprint density at radius 3 is 1.33 bits per heavy atom. The zero-order chi connectivity index (χ0) is 43.3. The van der Waals surface area contributed by atoms with Gasteiger partial charge in [-0.25, -0.2) is 0 Å². The van der Waals surface area contributed by atoms with Crippen LogP contribution < -0.4 is 0 Å². The lowest BCUT2D eigenvalue weighted by Gasteiger charge is -2.28. The number of aromatic nitrogens is 1. The molecule has 0 N–H and O–H groups in total. The number of rotatable bonds is 4. The highest BCUT2D eigenvalue weighted by atomic mass is 15.0. The molecule has 58 heavy (non-hydrogen) atoms. The molecule has 6 rings (SSSR count). The second-order valence-corrected chi connectivity index (χ2v) is 23.9. The van der Waals surface area contributed by atoms with Crippen molar-refractivity contribution in [2.75, 3.05) is 0 Å². The van der Waals surface area contributed by atoms with Gasteiger partial charge < -0.3 is 4.57 Å². The Bertz CT molecular complexity index is 2440. The van der Waals surface area contributed by atoms with Crippen molar-refractivity contribution < 1.29 is 0 Å². The molecule has 0 aliphatic heterocycles. The average Bonchev–Trinajstić information content (AvgIpc) is 3.42. The first-order valence-corrected chi connectivity index (χ1v) is 22.0. The van der Waals surface area contributed by atoms with Crippen LogP contribution in [-0.4, -0.2) is 4.57 Å². The molecule has 308 valence electrons. The standard InChI is InChI=1S/C57H75N/c1-35(2)45-30-36(24-26-46(45)56(15,16)17)44-25-27-48-50(51(44)57(18,19)20)49-43(37-28-38(52(3,4)5)31-39(29-37)53(6,7)8)22-21-23-47(49)58(48)42-33-40(54(9,10)11)32-41(34-42)55(12,13)14/h21-35H,1-20H3. The fourth-order valence-electron chi connectivity index (χ4n) is 8.83. The minimum atomic E-state index is -0.157. The van der Waals surface area contributed by atoms with Crippen LogP contribution in [0, 0.1) is 0 Å². The normalized spacial score (nSPS) is 13.7. The van der Waals surface area contributed by atoms with Crippen LogP contribution in [0.5, 0.6) is 0 Å². The smallest absolute Gasteiger partial charge is 0.0547 e. The maximum absolute atomic E-state index is 2.60. The molecular weight excluding hydrogens is 699 g/mol. The topological polar surface area (TPSA) is 4.93 Å². The zero-order valence-electron chi connectivity index (χ0n) is 40.1. The number of hydrogen-bond acceptors (Lipinski definition) is 0. The molecule has 5 aromatic carbocycles. The first-order chi connectivity index (χ1) is 26.4. The monoisotopic (exact) mass is 774 g/mol. The largest absolute Gasteiger partial charge is 0.309 e. The molecule has 1 heterocycles. The Labute approximate surface area is 353 Å². The third-order valence-corrected chi connectivity index (χ3v) is 12.4. The Hall–Kier alpha value is -4.10. The third-order valence-electron chi connectivity index (χ3n) is 12.4. The molecule has 1 aromatic heterocycles. The third kappa shape index (κ3) is 8.22. The molecule has 1 heteroatoms. The number of fused-ring (bicyclic) bond motifs is 3. The van der Waals surface area contributed by atoms with Crippen molar-refractivity contribution in [2.24, 2.45) is 0 Å². The van der Waals surface area contributed by atoms with E-state index >= 15 is 0 Å². The Morgan fingerprint density at radius 1 is 0.397 bits per heavy atom. The van der Waals surface area contributed by atoms with E-state index in [1.807, 2.05) is 0 Å². The highest BCUT2D eigenvalue weighted by Crippen LogP contribution is 2.48. The van der Waals surface area contributed by atoms with Crippen molar-refractivity contribution in [3.63, 3.8) is 0 Å². The fraction of sp³-hybridized carbons (Fsp3) is 0.474. The summed E-state index contributed by atoms with van der Waals surface area (Å²) in [7, 11) is 0. The lowest BCUT2D eigenvalue weighted by atomic mass is 9.76. The molecule has 0 spiro atoms. The summed E-state index contributed by atoms with van der Waals surface area (Å²) in [5, 5.41) is 2.70. The second kappa shape index (κ2) is 14.3. The molecular formula is C57H75N. The molecule has 0 saturated heterocycles. The Balaban J connectivity index is 1.87. The van der Waals surface area contributed by atoms with E-state index in [4.69, 9.17) is 0 Å². The van der Waals surface area contributed by atoms with Crippen LogP contribution in [-0.2, 0) is 32.5 Å².